The summed E-state index contributed by atoms with van der Waals surface area (Å²) < 4.78 is 6.67. The number of aliphatic hydroxyl groups is 3. The van der Waals surface area contributed by atoms with E-state index in [2.05, 4.69) is 0 Å². The summed E-state index contributed by atoms with van der Waals surface area (Å²) in [4.78, 5) is 24.4. The molecule has 2 saturated heterocycles. The molecule has 9 heteroatoms. The summed E-state index contributed by atoms with van der Waals surface area (Å²) in [6.45, 7) is 0. The first-order chi connectivity index (χ1) is 11.8. The zero-order chi connectivity index (χ0) is 18.3. The van der Waals surface area contributed by atoms with Crippen LogP contribution in [0, 0.1) is 0 Å². The van der Waals surface area contributed by atoms with Gasteiger partial charge in [-0.1, -0.05) is 0 Å². The Bertz CT molecular complexity index is 682. The number of carbonyl (C=O) groups is 2. The number of hydrogen-bond acceptors (Lipinski definition) is 7. The van der Waals surface area contributed by atoms with Gasteiger partial charge in [-0.15, -0.1) is 0 Å². The summed E-state index contributed by atoms with van der Waals surface area (Å²) in [6.07, 6.45) is -3.75. The van der Waals surface area contributed by atoms with Crippen molar-refractivity contribution in [1.82, 2.24) is 4.90 Å². The summed E-state index contributed by atoms with van der Waals surface area (Å²) >= 11 is 0. The third-order valence-electron chi connectivity index (χ3n) is 4.84. The Hall–Kier alpha value is -2.07. The van der Waals surface area contributed by atoms with E-state index in [-0.39, 0.29) is 11.9 Å². The van der Waals surface area contributed by atoms with Crippen molar-refractivity contribution >= 4 is 11.9 Å². The van der Waals surface area contributed by atoms with Gasteiger partial charge in [0.15, 0.2) is 18.5 Å². The van der Waals surface area contributed by atoms with E-state index in [0.717, 1.165) is 5.56 Å². The van der Waals surface area contributed by atoms with Crippen LogP contribution >= 0.6 is 0 Å². The molecule has 2 unspecified atom stereocenters. The molecule has 0 spiro atoms. The van der Waals surface area contributed by atoms with Crippen molar-refractivity contribution in [3.8, 4) is 0 Å². The SMILES string of the molecule is CN1C(=O)CC[C@H]1c1ccc[n+]([C@H]2OC(C(=O)[O-])[C@H](O)C(O)[C@H]2O)c1. The van der Waals surface area contributed by atoms with Crippen LogP contribution in [0.5, 0.6) is 0 Å². The number of pyridine rings is 1. The molecule has 25 heavy (non-hydrogen) atoms. The maximum atomic E-state index is 11.7. The third-order valence-corrected chi connectivity index (χ3v) is 4.84. The van der Waals surface area contributed by atoms with Gasteiger partial charge >= 0.3 is 0 Å². The summed E-state index contributed by atoms with van der Waals surface area (Å²) in [5, 5.41) is 40.9. The minimum Gasteiger partial charge on any atom is -0.547 e. The van der Waals surface area contributed by atoms with Gasteiger partial charge in [0.1, 0.15) is 18.3 Å². The smallest absolute Gasteiger partial charge is 0.292 e. The lowest BCUT2D eigenvalue weighted by Gasteiger charge is -2.37. The van der Waals surface area contributed by atoms with Crippen LogP contribution in [-0.2, 0) is 14.3 Å². The normalized spacial score (nSPS) is 35.8. The van der Waals surface area contributed by atoms with Crippen molar-refractivity contribution in [2.45, 2.75) is 49.5 Å². The van der Waals surface area contributed by atoms with Crippen LogP contribution in [0.25, 0.3) is 0 Å². The van der Waals surface area contributed by atoms with Crippen LogP contribution in [0.2, 0.25) is 0 Å². The number of aliphatic carboxylic acids is 1. The van der Waals surface area contributed by atoms with E-state index in [1.807, 2.05) is 6.07 Å². The van der Waals surface area contributed by atoms with Crippen molar-refractivity contribution < 1.29 is 39.3 Å². The monoisotopic (exact) mass is 352 g/mol. The van der Waals surface area contributed by atoms with Gasteiger partial charge in [0.2, 0.25) is 5.91 Å². The summed E-state index contributed by atoms with van der Waals surface area (Å²) in [5.74, 6) is -1.65. The lowest BCUT2D eigenvalue weighted by Crippen LogP contribution is -2.65. The molecule has 2 aliphatic heterocycles. The minimum absolute atomic E-state index is 0.0323. The van der Waals surface area contributed by atoms with Crippen molar-refractivity contribution in [2.24, 2.45) is 0 Å². The van der Waals surface area contributed by atoms with Crippen LogP contribution in [-0.4, -0.2) is 63.6 Å². The van der Waals surface area contributed by atoms with Crippen LogP contribution in [0.4, 0.5) is 0 Å². The van der Waals surface area contributed by atoms with Crippen LogP contribution in [0.1, 0.15) is 30.7 Å². The number of hydrogen-bond donors (Lipinski definition) is 3. The highest BCUT2D eigenvalue weighted by atomic mass is 16.6. The third kappa shape index (κ3) is 3.11. The molecule has 6 atom stereocenters. The molecule has 2 fully saturated rings. The number of amides is 1. The predicted molar refractivity (Wildman–Crippen MR) is 78.3 cm³/mol. The number of carboxylic acid groups (broad SMARTS) is 1. The Morgan fingerprint density at radius 1 is 1.32 bits per heavy atom. The summed E-state index contributed by atoms with van der Waals surface area (Å²) in [5.41, 5.74) is 0.789. The molecule has 0 saturated carbocycles. The van der Waals surface area contributed by atoms with Crippen molar-refractivity contribution in [1.29, 1.82) is 0 Å². The topological polar surface area (TPSA) is 134 Å². The first-order valence-electron chi connectivity index (χ1n) is 7.98. The van der Waals surface area contributed by atoms with Gasteiger partial charge in [-0.3, -0.25) is 4.79 Å². The maximum absolute atomic E-state index is 11.7. The zero-order valence-electron chi connectivity index (χ0n) is 13.6. The second-order valence-electron chi connectivity index (χ2n) is 6.38. The Kier molecular flexibility index (Phi) is 4.74. The van der Waals surface area contributed by atoms with Gasteiger partial charge in [0.05, 0.1) is 12.0 Å². The predicted octanol–water partition coefficient (Wildman–Crippen LogP) is -3.00. The quantitative estimate of drug-likeness (QED) is 0.494. The number of aromatic nitrogens is 1. The molecule has 9 nitrogen and oxygen atoms in total. The fraction of sp³-hybridized carbons (Fsp3) is 0.562. The van der Waals surface area contributed by atoms with Gasteiger partial charge in [0, 0.05) is 25.1 Å². The number of nitrogens with zero attached hydrogens (tertiary/aromatic N) is 2. The number of ether oxygens (including phenoxy) is 1. The van der Waals surface area contributed by atoms with Gasteiger partial charge in [-0.05, 0) is 12.5 Å². The number of carboxylic acids is 1. The van der Waals surface area contributed by atoms with Gasteiger partial charge < -0.3 is 34.9 Å². The van der Waals surface area contributed by atoms with E-state index in [0.29, 0.717) is 12.8 Å². The molecular formula is C16H20N2O7. The van der Waals surface area contributed by atoms with Gasteiger partial charge in [-0.25, -0.2) is 0 Å². The average molecular weight is 352 g/mol. The fourth-order valence-electron chi connectivity index (χ4n) is 3.36. The molecule has 0 aliphatic carbocycles. The standard InChI is InChI=1S/C16H20N2O7/c1-17-9(4-5-10(17)19)8-3-2-6-18(7-8)15-13(22)11(20)12(21)14(25-15)16(23)24/h2-3,6-7,9,11-15,20-22H,4-5H2,1H3/t9-,11?,12+,13+,14?,15-/m0/s1. The van der Waals surface area contributed by atoms with E-state index in [9.17, 15) is 30.0 Å². The molecule has 3 heterocycles. The van der Waals surface area contributed by atoms with E-state index in [1.54, 1.807) is 30.4 Å². The highest BCUT2D eigenvalue weighted by molar-refractivity contribution is 5.78. The molecule has 0 radical (unpaired) electrons. The lowest BCUT2D eigenvalue weighted by atomic mass is 9.97. The molecule has 136 valence electrons. The number of rotatable bonds is 3. The molecule has 0 bridgehead atoms. The highest BCUT2D eigenvalue weighted by Gasteiger charge is 2.49. The van der Waals surface area contributed by atoms with E-state index in [1.165, 1.54) is 4.57 Å². The second-order valence-corrected chi connectivity index (χ2v) is 6.38. The van der Waals surface area contributed by atoms with Gasteiger partial charge in [0.25, 0.3) is 6.23 Å². The van der Waals surface area contributed by atoms with E-state index < -0.39 is 36.6 Å². The van der Waals surface area contributed by atoms with Crippen LogP contribution < -0.4 is 9.67 Å². The van der Waals surface area contributed by atoms with Crippen LogP contribution in [0.15, 0.2) is 24.5 Å². The van der Waals surface area contributed by atoms with Crippen molar-refractivity contribution in [3.63, 3.8) is 0 Å². The van der Waals surface area contributed by atoms with Crippen LogP contribution in [0.3, 0.4) is 0 Å². The maximum Gasteiger partial charge on any atom is 0.292 e. The van der Waals surface area contributed by atoms with Crippen molar-refractivity contribution in [3.05, 3.63) is 30.1 Å². The van der Waals surface area contributed by atoms with Crippen molar-refractivity contribution in [2.75, 3.05) is 7.05 Å². The summed E-state index contributed by atoms with van der Waals surface area (Å²) in [6, 6.07) is 3.36. The lowest BCUT2D eigenvalue weighted by molar-refractivity contribution is -0.777. The second kappa shape index (κ2) is 6.68. The molecule has 3 rings (SSSR count). The first-order valence-corrected chi connectivity index (χ1v) is 7.98. The Balaban J connectivity index is 1.89. The highest BCUT2D eigenvalue weighted by Crippen LogP contribution is 2.31. The number of carbonyl (C=O) groups excluding carboxylic acids is 2. The fourth-order valence-corrected chi connectivity index (χ4v) is 3.36. The molecule has 3 N–H and O–H groups in total. The van der Waals surface area contributed by atoms with E-state index >= 15 is 0 Å². The Morgan fingerprint density at radius 3 is 2.64 bits per heavy atom. The Labute approximate surface area is 143 Å². The van der Waals surface area contributed by atoms with Gasteiger partial charge in [-0.2, -0.15) is 4.57 Å². The summed E-state index contributed by atoms with van der Waals surface area (Å²) in [7, 11) is 1.70. The minimum atomic E-state index is -1.79. The number of aliphatic hydroxyl groups excluding tert-OH is 3. The molecule has 0 aromatic carbocycles. The molecule has 1 aromatic rings. The number of likely N-dealkylation sites (tertiary alicyclic amines) is 1. The molecule has 2 aliphatic rings. The average Bonchev–Trinajstić information content (AvgIpc) is 2.92. The first kappa shape index (κ1) is 17.7. The molecular weight excluding hydrogens is 332 g/mol. The van der Waals surface area contributed by atoms with E-state index in [4.69, 9.17) is 4.74 Å². The molecule has 1 aromatic heterocycles. The zero-order valence-corrected chi connectivity index (χ0v) is 13.6. The molecule has 1 amide bonds. The largest absolute Gasteiger partial charge is 0.547 e. The Morgan fingerprint density at radius 2 is 2.04 bits per heavy atom.